The Morgan fingerprint density at radius 2 is 1.94 bits per heavy atom. The molecule has 1 aromatic heterocycles. The van der Waals surface area contributed by atoms with Gasteiger partial charge in [-0.2, -0.15) is 13.2 Å². The SMILES string of the molecule is NCc1c(C(F)F)c(C(F)(F)F)c[nH]c1=O. The maximum Gasteiger partial charge on any atom is 0.418 e. The predicted octanol–water partition coefficient (Wildman–Crippen LogP) is 1.79. The van der Waals surface area contributed by atoms with Crippen LogP contribution in [-0.4, -0.2) is 4.98 Å². The second-order valence-electron chi connectivity index (χ2n) is 2.93. The van der Waals surface area contributed by atoms with Crippen LogP contribution in [0.4, 0.5) is 22.0 Å². The number of aromatic nitrogens is 1. The monoisotopic (exact) mass is 242 g/mol. The third-order valence-electron chi connectivity index (χ3n) is 1.96. The van der Waals surface area contributed by atoms with Crippen molar-refractivity contribution in [2.24, 2.45) is 5.73 Å². The van der Waals surface area contributed by atoms with E-state index in [0.717, 1.165) is 0 Å². The lowest BCUT2D eigenvalue weighted by Crippen LogP contribution is -2.23. The van der Waals surface area contributed by atoms with E-state index in [1.54, 1.807) is 4.98 Å². The number of halogens is 5. The predicted molar refractivity (Wildman–Crippen MR) is 44.9 cm³/mol. The zero-order chi connectivity index (χ0) is 12.5. The number of H-pyrrole nitrogens is 1. The van der Waals surface area contributed by atoms with Crippen LogP contribution in [0.5, 0.6) is 0 Å². The Bertz CT molecular complexity index is 437. The molecule has 0 atom stereocenters. The van der Waals surface area contributed by atoms with Gasteiger partial charge >= 0.3 is 6.18 Å². The standard InChI is InChI=1S/C8H7F5N2O/c9-6(10)5-3(1-14)7(16)15-2-4(5)8(11,12)13/h2,6H,1,14H2,(H,15,16). The molecule has 0 spiro atoms. The average molecular weight is 242 g/mol. The molecule has 0 radical (unpaired) electrons. The van der Waals surface area contributed by atoms with Crippen molar-refractivity contribution >= 4 is 0 Å². The number of hydrogen-bond acceptors (Lipinski definition) is 2. The van der Waals surface area contributed by atoms with Crippen molar-refractivity contribution in [2.75, 3.05) is 0 Å². The second-order valence-corrected chi connectivity index (χ2v) is 2.93. The first-order valence-electron chi connectivity index (χ1n) is 4.09. The second kappa shape index (κ2) is 4.20. The molecule has 3 nitrogen and oxygen atoms in total. The van der Waals surface area contributed by atoms with Gasteiger partial charge in [0.15, 0.2) is 0 Å². The lowest BCUT2D eigenvalue weighted by atomic mass is 10.0. The minimum absolute atomic E-state index is 0.225. The maximum atomic E-state index is 12.5. The smallest absolute Gasteiger partial charge is 0.328 e. The zero-order valence-electron chi connectivity index (χ0n) is 7.74. The Kier molecular flexibility index (Phi) is 3.32. The summed E-state index contributed by atoms with van der Waals surface area (Å²) in [6.07, 6.45) is -8.14. The van der Waals surface area contributed by atoms with E-state index >= 15 is 0 Å². The van der Waals surface area contributed by atoms with Crippen LogP contribution in [0.2, 0.25) is 0 Å². The first-order chi connectivity index (χ1) is 7.29. The third-order valence-corrected chi connectivity index (χ3v) is 1.96. The number of alkyl halides is 5. The highest BCUT2D eigenvalue weighted by molar-refractivity contribution is 5.34. The summed E-state index contributed by atoms with van der Waals surface area (Å²) in [6, 6.07) is 0. The molecular formula is C8H7F5N2O. The van der Waals surface area contributed by atoms with E-state index in [9.17, 15) is 26.7 Å². The summed E-state index contributed by atoms with van der Waals surface area (Å²) in [5.74, 6) is 0. The first kappa shape index (κ1) is 12.6. The molecule has 0 bridgehead atoms. The minimum atomic E-state index is -4.96. The van der Waals surface area contributed by atoms with E-state index in [2.05, 4.69) is 0 Å². The highest BCUT2D eigenvalue weighted by Gasteiger charge is 2.37. The van der Waals surface area contributed by atoms with Gasteiger partial charge in [0.25, 0.3) is 12.0 Å². The van der Waals surface area contributed by atoms with Crippen LogP contribution in [0, 0.1) is 0 Å². The molecule has 1 rings (SSSR count). The molecular weight excluding hydrogens is 235 g/mol. The number of nitrogens with one attached hydrogen (secondary N) is 1. The summed E-state index contributed by atoms with van der Waals surface area (Å²) in [4.78, 5) is 12.8. The molecule has 0 aliphatic rings. The topological polar surface area (TPSA) is 58.9 Å². The van der Waals surface area contributed by atoms with Crippen LogP contribution in [0.15, 0.2) is 11.0 Å². The highest BCUT2D eigenvalue weighted by atomic mass is 19.4. The van der Waals surface area contributed by atoms with Crippen molar-refractivity contribution in [1.82, 2.24) is 4.98 Å². The molecule has 90 valence electrons. The van der Waals surface area contributed by atoms with Gasteiger partial charge in [0.2, 0.25) is 0 Å². The van der Waals surface area contributed by atoms with Gasteiger partial charge < -0.3 is 10.7 Å². The van der Waals surface area contributed by atoms with Crippen molar-refractivity contribution in [3.05, 3.63) is 33.2 Å². The van der Waals surface area contributed by atoms with Crippen LogP contribution in [0.3, 0.4) is 0 Å². The lowest BCUT2D eigenvalue weighted by Gasteiger charge is -2.14. The van der Waals surface area contributed by atoms with Crippen LogP contribution in [0.1, 0.15) is 23.1 Å². The Labute approximate surface area is 86.1 Å². The van der Waals surface area contributed by atoms with Gasteiger partial charge in [-0.25, -0.2) is 8.78 Å². The molecule has 8 heteroatoms. The van der Waals surface area contributed by atoms with Gasteiger partial charge in [-0.05, 0) is 0 Å². The average Bonchev–Trinajstić information content (AvgIpc) is 2.14. The molecule has 0 aliphatic carbocycles. The van der Waals surface area contributed by atoms with Crippen LogP contribution < -0.4 is 11.3 Å². The molecule has 0 saturated heterocycles. The lowest BCUT2D eigenvalue weighted by molar-refractivity contribution is -0.139. The van der Waals surface area contributed by atoms with Gasteiger partial charge in [0, 0.05) is 23.9 Å². The minimum Gasteiger partial charge on any atom is -0.328 e. The molecule has 0 unspecified atom stereocenters. The number of rotatable bonds is 2. The zero-order valence-corrected chi connectivity index (χ0v) is 7.74. The summed E-state index contributed by atoms with van der Waals surface area (Å²) in [5.41, 5.74) is 0.283. The molecule has 1 heterocycles. The fourth-order valence-electron chi connectivity index (χ4n) is 1.27. The van der Waals surface area contributed by atoms with Gasteiger partial charge in [-0.15, -0.1) is 0 Å². The molecule has 16 heavy (non-hydrogen) atoms. The number of pyridine rings is 1. The van der Waals surface area contributed by atoms with E-state index < -0.39 is 41.4 Å². The Hall–Kier alpha value is -1.44. The van der Waals surface area contributed by atoms with Crippen LogP contribution in [-0.2, 0) is 12.7 Å². The van der Waals surface area contributed by atoms with Gasteiger partial charge in [-0.1, -0.05) is 0 Å². The molecule has 0 fully saturated rings. The largest absolute Gasteiger partial charge is 0.418 e. The quantitative estimate of drug-likeness (QED) is 0.777. The van der Waals surface area contributed by atoms with Crippen LogP contribution in [0.25, 0.3) is 0 Å². The fourth-order valence-corrected chi connectivity index (χ4v) is 1.27. The molecule has 0 saturated carbocycles. The summed E-state index contributed by atoms with van der Waals surface area (Å²) < 4.78 is 62.0. The molecule has 3 N–H and O–H groups in total. The Morgan fingerprint density at radius 3 is 2.31 bits per heavy atom. The first-order valence-corrected chi connectivity index (χ1v) is 4.09. The van der Waals surface area contributed by atoms with Crippen LogP contribution >= 0.6 is 0 Å². The third kappa shape index (κ3) is 2.21. The highest BCUT2D eigenvalue weighted by Crippen LogP contribution is 2.36. The van der Waals surface area contributed by atoms with E-state index in [1.807, 2.05) is 0 Å². The van der Waals surface area contributed by atoms with Gasteiger partial charge in [-0.3, -0.25) is 4.79 Å². The van der Waals surface area contributed by atoms with E-state index in [4.69, 9.17) is 5.73 Å². The van der Waals surface area contributed by atoms with Gasteiger partial charge in [0.1, 0.15) is 0 Å². The molecule has 0 aliphatic heterocycles. The normalized spacial score (nSPS) is 12.2. The maximum absolute atomic E-state index is 12.5. The summed E-state index contributed by atoms with van der Waals surface area (Å²) in [5, 5.41) is 0. The molecule has 0 amide bonds. The molecule has 1 aromatic rings. The van der Waals surface area contributed by atoms with Crippen molar-refractivity contribution in [3.8, 4) is 0 Å². The Balaban J connectivity index is 3.58. The molecule has 0 aromatic carbocycles. The summed E-state index contributed by atoms with van der Waals surface area (Å²) in [7, 11) is 0. The fraction of sp³-hybridized carbons (Fsp3) is 0.375. The van der Waals surface area contributed by atoms with Crippen molar-refractivity contribution in [3.63, 3.8) is 0 Å². The number of hydrogen-bond donors (Lipinski definition) is 2. The van der Waals surface area contributed by atoms with E-state index in [1.165, 1.54) is 0 Å². The van der Waals surface area contributed by atoms with Crippen molar-refractivity contribution < 1.29 is 22.0 Å². The van der Waals surface area contributed by atoms with Crippen molar-refractivity contribution in [2.45, 2.75) is 19.1 Å². The van der Waals surface area contributed by atoms with Crippen molar-refractivity contribution in [1.29, 1.82) is 0 Å². The number of aromatic amines is 1. The van der Waals surface area contributed by atoms with E-state index in [-0.39, 0.29) is 6.20 Å². The van der Waals surface area contributed by atoms with E-state index in [0.29, 0.717) is 0 Å². The summed E-state index contributed by atoms with van der Waals surface area (Å²) >= 11 is 0. The van der Waals surface area contributed by atoms with Gasteiger partial charge in [0.05, 0.1) is 5.56 Å². The number of nitrogens with two attached hydrogens (primary N) is 1. The Morgan fingerprint density at radius 1 is 1.38 bits per heavy atom. The summed E-state index contributed by atoms with van der Waals surface area (Å²) in [6.45, 7) is -0.682.